The molecule has 0 saturated carbocycles. The van der Waals surface area contributed by atoms with Crippen molar-refractivity contribution < 1.29 is 9.13 Å². The van der Waals surface area contributed by atoms with Gasteiger partial charge < -0.3 is 15.4 Å². The van der Waals surface area contributed by atoms with Gasteiger partial charge in [0.2, 0.25) is 5.88 Å². The molecule has 1 fully saturated rings. The van der Waals surface area contributed by atoms with Crippen molar-refractivity contribution in [3.05, 3.63) is 66.2 Å². The van der Waals surface area contributed by atoms with Crippen LogP contribution in [0.25, 0.3) is 10.2 Å². The smallest absolute Gasteiger partial charge is 0.224 e. The van der Waals surface area contributed by atoms with Crippen molar-refractivity contribution in [1.29, 1.82) is 0 Å². The Morgan fingerprint density at radius 3 is 2.59 bits per heavy atom. The van der Waals surface area contributed by atoms with Gasteiger partial charge in [0.25, 0.3) is 0 Å². The van der Waals surface area contributed by atoms with Gasteiger partial charge in [0.15, 0.2) is 5.13 Å². The Balaban J connectivity index is 1.24. The number of ether oxygens (including phenoxy) is 1. The van der Waals surface area contributed by atoms with Gasteiger partial charge in [-0.05, 0) is 36.8 Å². The van der Waals surface area contributed by atoms with Crippen LogP contribution < -0.4 is 15.4 Å². The highest BCUT2D eigenvalue weighted by Crippen LogP contribution is 2.30. The molecule has 7 nitrogen and oxygen atoms in total. The molecule has 1 saturated heterocycles. The van der Waals surface area contributed by atoms with Crippen LogP contribution in [0.5, 0.6) is 11.6 Å². The van der Waals surface area contributed by atoms with Gasteiger partial charge in [-0.15, -0.1) is 0 Å². The number of rotatable bonds is 5. The Kier molecular flexibility index (Phi) is 5.59. The van der Waals surface area contributed by atoms with Crippen molar-refractivity contribution in [2.75, 3.05) is 36.8 Å². The van der Waals surface area contributed by atoms with Gasteiger partial charge in [-0.3, -0.25) is 4.90 Å². The summed E-state index contributed by atoms with van der Waals surface area (Å²) in [4.78, 5) is 17.6. The summed E-state index contributed by atoms with van der Waals surface area (Å²) in [7, 11) is 0. The zero-order valence-corrected chi connectivity index (χ0v) is 18.4. The Morgan fingerprint density at radius 1 is 1.03 bits per heavy atom. The van der Waals surface area contributed by atoms with E-state index in [9.17, 15) is 4.39 Å². The van der Waals surface area contributed by atoms with Crippen molar-refractivity contribution in [1.82, 2.24) is 19.9 Å². The van der Waals surface area contributed by atoms with Crippen LogP contribution in [0.15, 0.2) is 54.9 Å². The number of benzene rings is 2. The molecule has 0 unspecified atom stereocenters. The van der Waals surface area contributed by atoms with Gasteiger partial charge in [-0.25, -0.2) is 19.3 Å². The molecule has 0 radical (unpaired) electrons. The molecule has 5 rings (SSSR count). The summed E-state index contributed by atoms with van der Waals surface area (Å²) < 4.78 is 20.2. The predicted molar refractivity (Wildman–Crippen MR) is 125 cm³/mol. The van der Waals surface area contributed by atoms with E-state index in [4.69, 9.17) is 10.5 Å². The quantitative estimate of drug-likeness (QED) is 0.480. The molecule has 1 aliphatic heterocycles. The van der Waals surface area contributed by atoms with Gasteiger partial charge in [-0.2, -0.15) is 0 Å². The van der Waals surface area contributed by atoms with Crippen LogP contribution in [0.1, 0.15) is 18.5 Å². The lowest BCUT2D eigenvalue weighted by Gasteiger charge is -2.38. The number of hydrogen-bond donors (Lipinski definition) is 1. The number of fused-ring (bicyclic) bond motifs is 1. The largest absolute Gasteiger partial charge is 0.439 e. The molecule has 3 heterocycles. The van der Waals surface area contributed by atoms with Crippen LogP contribution in [0.4, 0.5) is 15.3 Å². The highest BCUT2D eigenvalue weighted by atomic mass is 32.1. The Hall–Kier alpha value is -3.30. The second-order valence-corrected chi connectivity index (χ2v) is 8.81. The van der Waals surface area contributed by atoms with Crippen molar-refractivity contribution in [3.8, 4) is 11.6 Å². The fourth-order valence-electron chi connectivity index (χ4n) is 3.96. The van der Waals surface area contributed by atoms with Gasteiger partial charge in [0.05, 0.1) is 10.2 Å². The van der Waals surface area contributed by atoms with E-state index in [1.807, 2.05) is 36.4 Å². The molecular formula is C23H23FN6OS. The molecule has 0 bridgehead atoms. The SMILES string of the molecule is C[C@@H](c1ccc(F)cc1)N1CCN(c2cc(Oc3ccc4sc(N)nc4c3)ncn2)CC1. The van der Waals surface area contributed by atoms with Gasteiger partial charge in [0.1, 0.15) is 23.7 Å². The van der Waals surface area contributed by atoms with Crippen LogP contribution in [0.2, 0.25) is 0 Å². The number of nitrogens with two attached hydrogens (primary N) is 1. The average Bonchev–Trinajstić information content (AvgIpc) is 3.19. The normalized spacial score (nSPS) is 15.8. The molecule has 1 atom stereocenters. The second-order valence-electron chi connectivity index (χ2n) is 7.75. The number of thiazole rings is 1. The summed E-state index contributed by atoms with van der Waals surface area (Å²) in [6.45, 7) is 5.62. The molecule has 2 N–H and O–H groups in total. The van der Waals surface area contributed by atoms with E-state index in [1.54, 1.807) is 0 Å². The zero-order chi connectivity index (χ0) is 22.1. The number of nitrogen functional groups attached to an aromatic ring is 1. The highest BCUT2D eigenvalue weighted by molar-refractivity contribution is 7.22. The number of piperazine rings is 1. The molecule has 32 heavy (non-hydrogen) atoms. The zero-order valence-electron chi connectivity index (χ0n) is 17.6. The summed E-state index contributed by atoms with van der Waals surface area (Å²) in [5.41, 5.74) is 7.72. The van der Waals surface area contributed by atoms with E-state index in [0.717, 1.165) is 47.8 Å². The summed E-state index contributed by atoms with van der Waals surface area (Å²) in [5.74, 6) is 1.77. The van der Waals surface area contributed by atoms with Crippen molar-refractivity contribution in [2.24, 2.45) is 0 Å². The monoisotopic (exact) mass is 450 g/mol. The lowest BCUT2D eigenvalue weighted by atomic mass is 10.1. The summed E-state index contributed by atoms with van der Waals surface area (Å²) >= 11 is 1.45. The number of aromatic nitrogens is 3. The molecule has 0 spiro atoms. The summed E-state index contributed by atoms with van der Waals surface area (Å²) in [5, 5.41) is 0.536. The van der Waals surface area contributed by atoms with Crippen LogP contribution >= 0.6 is 11.3 Å². The highest BCUT2D eigenvalue weighted by Gasteiger charge is 2.23. The molecule has 1 aliphatic rings. The fraction of sp³-hybridized carbons (Fsp3) is 0.261. The minimum Gasteiger partial charge on any atom is -0.439 e. The first-order valence-electron chi connectivity index (χ1n) is 10.5. The summed E-state index contributed by atoms with van der Waals surface area (Å²) in [6, 6.07) is 14.5. The number of hydrogen-bond acceptors (Lipinski definition) is 8. The maximum absolute atomic E-state index is 13.2. The first kappa shape index (κ1) is 20.6. The molecule has 9 heteroatoms. The Labute approximate surface area is 189 Å². The molecule has 164 valence electrons. The molecule has 0 aliphatic carbocycles. The van der Waals surface area contributed by atoms with Gasteiger partial charge in [0, 0.05) is 44.4 Å². The molecule has 4 aromatic rings. The minimum absolute atomic E-state index is 0.205. The lowest BCUT2D eigenvalue weighted by Crippen LogP contribution is -2.47. The van der Waals surface area contributed by atoms with E-state index < -0.39 is 0 Å². The Bertz CT molecular complexity index is 1220. The first-order chi connectivity index (χ1) is 15.5. The van der Waals surface area contributed by atoms with E-state index in [-0.39, 0.29) is 11.9 Å². The third kappa shape index (κ3) is 4.35. The minimum atomic E-state index is -0.205. The van der Waals surface area contributed by atoms with Crippen LogP contribution in [0, 0.1) is 5.82 Å². The van der Waals surface area contributed by atoms with Gasteiger partial charge >= 0.3 is 0 Å². The average molecular weight is 451 g/mol. The van der Waals surface area contributed by atoms with Crippen LogP contribution in [-0.2, 0) is 0 Å². The number of halogens is 1. The molecule has 2 aromatic heterocycles. The maximum atomic E-state index is 13.2. The van der Waals surface area contributed by atoms with E-state index in [2.05, 4.69) is 31.7 Å². The van der Waals surface area contributed by atoms with Gasteiger partial charge in [-0.1, -0.05) is 23.5 Å². The second kappa shape index (κ2) is 8.68. The molecule has 0 amide bonds. The third-order valence-electron chi connectivity index (χ3n) is 5.76. The maximum Gasteiger partial charge on any atom is 0.224 e. The van der Waals surface area contributed by atoms with E-state index >= 15 is 0 Å². The van der Waals surface area contributed by atoms with E-state index in [1.165, 1.54) is 29.8 Å². The van der Waals surface area contributed by atoms with Crippen LogP contribution in [0.3, 0.4) is 0 Å². The van der Waals surface area contributed by atoms with Crippen molar-refractivity contribution >= 4 is 32.5 Å². The van der Waals surface area contributed by atoms with Crippen molar-refractivity contribution in [2.45, 2.75) is 13.0 Å². The van der Waals surface area contributed by atoms with Crippen LogP contribution in [-0.4, -0.2) is 46.0 Å². The molecule has 2 aromatic carbocycles. The fourth-order valence-corrected chi connectivity index (χ4v) is 4.67. The molecular weight excluding hydrogens is 427 g/mol. The lowest BCUT2D eigenvalue weighted by molar-refractivity contribution is 0.198. The standard InChI is InChI=1S/C23H23FN6OS/c1-15(16-2-4-17(24)5-3-16)29-8-10-30(11-9-29)21-13-22(27-14-26-21)31-18-6-7-20-19(12-18)28-23(25)32-20/h2-7,12-15H,8-11H2,1H3,(H2,25,28)/t15-/m0/s1. The summed E-state index contributed by atoms with van der Waals surface area (Å²) in [6.07, 6.45) is 1.53. The van der Waals surface area contributed by atoms with E-state index in [0.29, 0.717) is 16.8 Å². The third-order valence-corrected chi connectivity index (χ3v) is 6.63. The predicted octanol–water partition coefficient (Wildman–Crippen LogP) is 4.48. The number of nitrogens with zero attached hydrogens (tertiary/aromatic N) is 5. The topological polar surface area (TPSA) is 80.4 Å². The Morgan fingerprint density at radius 2 is 1.81 bits per heavy atom. The number of anilines is 2. The van der Waals surface area contributed by atoms with Crippen molar-refractivity contribution in [3.63, 3.8) is 0 Å². The first-order valence-corrected chi connectivity index (χ1v) is 11.3.